The van der Waals surface area contributed by atoms with Crippen LogP contribution in [0.1, 0.15) is 37.7 Å². The molecule has 0 spiro atoms. The minimum absolute atomic E-state index is 0.0323. The van der Waals surface area contributed by atoms with Crippen LogP contribution in [0.2, 0.25) is 5.02 Å². The maximum atomic E-state index is 13.6. The molecule has 1 N–H and O–H groups in total. The maximum Gasteiger partial charge on any atom is 0.235 e. The molecule has 1 aliphatic carbocycles. The summed E-state index contributed by atoms with van der Waals surface area (Å²) in [4.78, 5) is 18.0. The molecule has 144 valence electrons. The molecule has 1 aliphatic rings. The number of methoxy groups -OCH3 is 1. The van der Waals surface area contributed by atoms with E-state index in [9.17, 15) is 4.79 Å². The molecule has 5 heteroatoms. The first kappa shape index (κ1) is 18.8. The van der Waals surface area contributed by atoms with E-state index in [-0.39, 0.29) is 5.91 Å². The number of halogens is 1. The fourth-order valence-electron chi connectivity index (χ4n) is 4.23. The number of carbonyl (C=O) groups excluding carboxylic acids is 1. The first-order valence-electron chi connectivity index (χ1n) is 9.63. The van der Waals surface area contributed by atoms with Crippen molar-refractivity contribution in [2.45, 2.75) is 37.5 Å². The number of carbonyl (C=O) groups is 1. The summed E-state index contributed by atoms with van der Waals surface area (Å²) in [5, 5.41) is 4.75. The van der Waals surface area contributed by atoms with Crippen LogP contribution in [0.25, 0.3) is 10.9 Å². The molecule has 0 radical (unpaired) electrons. The lowest BCUT2D eigenvalue weighted by atomic mass is 9.68. The molecule has 2 aromatic carbocycles. The SMILES string of the molecule is COc1ccc(NC(=O)C2(c3ccc(Cl)cc3)CCCCC2)c2cccnc12. The van der Waals surface area contributed by atoms with Gasteiger partial charge in [0.25, 0.3) is 0 Å². The summed E-state index contributed by atoms with van der Waals surface area (Å²) in [6, 6.07) is 15.3. The first-order chi connectivity index (χ1) is 13.6. The van der Waals surface area contributed by atoms with E-state index in [4.69, 9.17) is 16.3 Å². The van der Waals surface area contributed by atoms with Crippen molar-refractivity contribution in [3.63, 3.8) is 0 Å². The lowest BCUT2D eigenvalue weighted by Crippen LogP contribution is -2.42. The third-order valence-electron chi connectivity index (χ3n) is 5.74. The highest BCUT2D eigenvalue weighted by molar-refractivity contribution is 6.30. The van der Waals surface area contributed by atoms with Crippen LogP contribution in [0, 0.1) is 0 Å². The van der Waals surface area contributed by atoms with E-state index in [1.807, 2.05) is 48.5 Å². The monoisotopic (exact) mass is 394 g/mol. The largest absolute Gasteiger partial charge is 0.494 e. The molecule has 1 amide bonds. The summed E-state index contributed by atoms with van der Waals surface area (Å²) < 4.78 is 5.42. The summed E-state index contributed by atoms with van der Waals surface area (Å²) in [5.74, 6) is 0.725. The van der Waals surface area contributed by atoms with Gasteiger partial charge < -0.3 is 10.1 Å². The molecule has 1 aromatic heterocycles. The highest BCUT2D eigenvalue weighted by atomic mass is 35.5. The van der Waals surface area contributed by atoms with Crippen molar-refractivity contribution in [1.29, 1.82) is 0 Å². The zero-order valence-corrected chi connectivity index (χ0v) is 16.6. The van der Waals surface area contributed by atoms with Crippen LogP contribution in [0.4, 0.5) is 5.69 Å². The van der Waals surface area contributed by atoms with Gasteiger partial charge in [-0.1, -0.05) is 43.0 Å². The van der Waals surface area contributed by atoms with Crippen LogP contribution in [0.3, 0.4) is 0 Å². The fourth-order valence-corrected chi connectivity index (χ4v) is 4.36. The van der Waals surface area contributed by atoms with Gasteiger partial charge in [-0.25, -0.2) is 0 Å². The van der Waals surface area contributed by atoms with E-state index in [1.54, 1.807) is 13.3 Å². The Kier molecular flexibility index (Phi) is 5.23. The highest BCUT2D eigenvalue weighted by Gasteiger charge is 2.41. The second-order valence-electron chi connectivity index (χ2n) is 7.32. The lowest BCUT2D eigenvalue weighted by Gasteiger charge is -2.36. The fraction of sp³-hybridized carbons (Fsp3) is 0.304. The van der Waals surface area contributed by atoms with E-state index < -0.39 is 5.41 Å². The van der Waals surface area contributed by atoms with Gasteiger partial charge in [0.2, 0.25) is 5.91 Å². The molecular weight excluding hydrogens is 372 g/mol. The van der Waals surface area contributed by atoms with E-state index in [1.165, 1.54) is 0 Å². The van der Waals surface area contributed by atoms with Crippen LogP contribution in [0.5, 0.6) is 5.75 Å². The number of ether oxygens (including phenoxy) is 1. The summed E-state index contributed by atoms with van der Waals surface area (Å²) in [6.07, 6.45) is 6.66. The van der Waals surface area contributed by atoms with E-state index >= 15 is 0 Å². The Bertz CT molecular complexity index is 995. The van der Waals surface area contributed by atoms with Crippen molar-refractivity contribution < 1.29 is 9.53 Å². The van der Waals surface area contributed by atoms with Crippen molar-refractivity contribution in [1.82, 2.24) is 4.98 Å². The van der Waals surface area contributed by atoms with Crippen molar-refractivity contribution in [3.8, 4) is 5.75 Å². The first-order valence-corrected chi connectivity index (χ1v) is 10.0. The van der Waals surface area contributed by atoms with Gasteiger partial charge in [0, 0.05) is 16.6 Å². The van der Waals surface area contributed by atoms with Gasteiger partial charge >= 0.3 is 0 Å². The molecule has 0 bridgehead atoms. The average molecular weight is 395 g/mol. The molecule has 3 aromatic rings. The normalized spacial score (nSPS) is 15.9. The van der Waals surface area contributed by atoms with Crippen LogP contribution in [-0.4, -0.2) is 18.0 Å². The quantitative estimate of drug-likeness (QED) is 0.614. The van der Waals surface area contributed by atoms with Crippen molar-refractivity contribution in [2.24, 2.45) is 0 Å². The Hall–Kier alpha value is -2.59. The maximum absolute atomic E-state index is 13.6. The third-order valence-corrected chi connectivity index (χ3v) is 5.99. The third kappa shape index (κ3) is 3.33. The molecule has 4 nitrogen and oxygen atoms in total. The standard InChI is InChI=1S/C23H23ClN2O2/c1-28-20-12-11-19(18-6-5-15-25-21(18)20)26-22(27)23(13-3-2-4-14-23)16-7-9-17(24)10-8-16/h5-12,15H,2-4,13-14H2,1H3,(H,26,27). The predicted octanol–water partition coefficient (Wildman–Crippen LogP) is 5.74. The minimum atomic E-state index is -0.530. The zero-order valence-electron chi connectivity index (χ0n) is 15.9. The number of rotatable bonds is 4. The predicted molar refractivity (Wildman–Crippen MR) is 113 cm³/mol. The van der Waals surface area contributed by atoms with Gasteiger partial charge in [-0.05, 0) is 54.8 Å². The van der Waals surface area contributed by atoms with Crippen LogP contribution in [-0.2, 0) is 10.2 Å². The average Bonchev–Trinajstić information content (AvgIpc) is 2.75. The molecule has 1 fully saturated rings. The van der Waals surface area contributed by atoms with Gasteiger partial charge in [0.05, 0.1) is 18.2 Å². The molecule has 28 heavy (non-hydrogen) atoms. The number of nitrogens with zero attached hydrogens (tertiary/aromatic N) is 1. The Morgan fingerprint density at radius 2 is 1.82 bits per heavy atom. The Labute approximate surface area is 169 Å². The van der Waals surface area contributed by atoms with Gasteiger partial charge in [-0.3, -0.25) is 9.78 Å². The molecule has 4 rings (SSSR count). The summed E-state index contributed by atoms with van der Waals surface area (Å²) in [6.45, 7) is 0. The smallest absolute Gasteiger partial charge is 0.235 e. The van der Waals surface area contributed by atoms with Crippen LogP contribution < -0.4 is 10.1 Å². The van der Waals surface area contributed by atoms with Crippen molar-refractivity contribution >= 4 is 34.1 Å². The Morgan fingerprint density at radius 1 is 1.07 bits per heavy atom. The molecule has 0 unspecified atom stereocenters. The number of amides is 1. The van der Waals surface area contributed by atoms with E-state index in [0.717, 1.165) is 54.3 Å². The summed E-state index contributed by atoms with van der Waals surface area (Å²) in [7, 11) is 1.62. The number of pyridine rings is 1. The zero-order chi connectivity index (χ0) is 19.6. The number of hydrogen-bond acceptors (Lipinski definition) is 3. The minimum Gasteiger partial charge on any atom is -0.494 e. The number of aromatic nitrogens is 1. The number of hydrogen-bond donors (Lipinski definition) is 1. The Balaban J connectivity index is 1.73. The highest BCUT2D eigenvalue weighted by Crippen LogP contribution is 2.41. The van der Waals surface area contributed by atoms with Gasteiger partial charge in [-0.15, -0.1) is 0 Å². The number of anilines is 1. The number of nitrogens with one attached hydrogen (secondary N) is 1. The second-order valence-corrected chi connectivity index (χ2v) is 7.76. The Morgan fingerprint density at radius 3 is 2.54 bits per heavy atom. The van der Waals surface area contributed by atoms with Gasteiger partial charge in [0.15, 0.2) is 0 Å². The molecule has 1 heterocycles. The lowest BCUT2D eigenvalue weighted by molar-refractivity contribution is -0.122. The molecule has 0 atom stereocenters. The van der Waals surface area contributed by atoms with E-state index in [2.05, 4.69) is 10.3 Å². The van der Waals surface area contributed by atoms with Gasteiger partial charge in [0.1, 0.15) is 11.3 Å². The summed E-state index contributed by atoms with van der Waals surface area (Å²) in [5.41, 5.74) is 2.00. The number of fused-ring (bicyclic) bond motifs is 1. The number of benzene rings is 2. The molecule has 0 aliphatic heterocycles. The molecule has 0 saturated heterocycles. The van der Waals surface area contributed by atoms with Crippen LogP contribution >= 0.6 is 11.6 Å². The van der Waals surface area contributed by atoms with E-state index in [0.29, 0.717) is 10.8 Å². The van der Waals surface area contributed by atoms with Crippen molar-refractivity contribution in [2.75, 3.05) is 12.4 Å². The van der Waals surface area contributed by atoms with Crippen LogP contribution in [0.15, 0.2) is 54.7 Å². The molecular formula is C23H23ClN2O2. The summed E-state index contributed by atoms with van der Waals surface area (Å²) >= 11 is 6.08. The topological polar surface area (TPSA) is 51.2 Å². The molecule has 1 saturated carbocycles. The van der Waals surface area contributed by atoms with Crippen molar-refractivity contribution in [3.05, 3.63) is 65.3 Å². The second kappa shape index (κ2) is 7.80. The van der Waals surface area contributed by atoms with Gasteiger partial charge in [-0.2, -0.15) is 0 Å².